The molecule has 2 aliphatic rings. The summed E-state index contributed by atoms with van der Waals surface area (Å²) >= 11 is 1.55. The van der Waals surface area contributed by atoms with Gasteiger partial charge in [-0.25, -0.2) is 0 Å². The normalized spacial score (nSPS) is 16.7. The second kappa shape index (κ2) is 13.2. The highest BCUT2D eigenvalue weighted by Crippen LogP contribution is 2.41. The zero-order chi connectivity index (χ0) is 32.4. The first-order valence-corrected chi connectivity index (χ1v) is 16.2. The van der Waals surface area contributed by atoms with Crippen LogP contribution in [0, 0.1) is 5.92 Å². The molecule has 4 aromatic rings. The number of carbonyl (C=O) groups is 2. The summed E-state index contributed by atoms with van der Waals surface area (Å²) in [5, 5.41) is 6.08. The van der Waals surface area contributed by atoms with Crippen LogP contribution < -0.4 is 35.3 Å². The number of aromatic nitrogens is 1. The number of carbonyl (C=O) groups excluding carboxylic acids is 2. The molecule has 1 fully saturated rings. The summed E-state index contributed by atoms with van der Waals surface area (Å²) in [7, 11) is 4.49. The van der Waals surface area contributed by atoms with Gasteiger partial charge in [-0.2, -0.15) is 0 Å². The smallest absolute Gasteiger partial charge is 0.255 e. The Balaban J connectivity index is 1.36. The molecule has 6 rings (SSSR count). The molecule has 0 saturated carbocycles. The van der Waals surface area contributed by atoms with E-state index in [-0.39, 0.29) is 23.3 Å². The predicted octanol–water partition coefficient (Wildman–Crippen LogP) is 5.72. The zero-order valence-corrected chi connectivity index (χ0v) is 27.0. The minimum Gasteiger partial charge on any atom is -0.493 e. The first kappa shape index (κ1) is 31.1. The third-order valence-electron chi connectivity index (χ3n) is 8.61. The van der Waals surface area contributed by atoms with Gasteiger partial charge in [-0.1, -0.05) is 18.2 Å². The maximum atomic E-state index is 13.8. The number of ether oxygens (including phenoxy) is 3. The number of hydrogen-bond acceptors (Lipinski definition) is 8. The van der Waals surface area contributed by atoms with Crippen LogP contribution in [0.2, 0.25) is 0 Å². The Morgan fingerprint density at radius 1 is 0.783 bits per heavy atom. The fraction of sp³-hybridized carbons (Fsp3) is 0.286. The van der Waals surface area contributed by atoms with Crippen molar-refractivity contribution in [2.24, 2.45) is 5.92 Å². The van der Waals surface area contributed by atoms with E-state index in [0.29, 0.717) is 59.4 Å². The molecule has 2 atom stereocenters. The monoisotopic (exact) mass is 640 g/mol. The van der Waals surface area contributed by atoms with Gasteiger partial charge >= 0.3 is 0 Å². The maximum Gasteiger partial charge on any atom is 0.255 e. The Morgan fingerprint density at radius 2 is 1.50 bits per heavy atom. The Bertz CT molecular complexity index is 1830. The summed E-state index contributed by atoms with van der Waals surface area (Å²) in [6.45, 7) is 2.01. The summed E-state index contributed by atoms with van der Waals surface area (Å²) in [5.41, 5.74) is 3.75. The molecule has 2 amide bonds. The molecule has 11 heteroatoms. The molecule has 238 valence electrons. The van der Waals surface area contributed by atoms with Crippen molar-refractivity contribution < 1.29 is 23.8 Å². The molecule has 2 aliphatic heterocycles. The van der Waals surface area contributed by atoms with Gasteiger partial charge < -0.3 is 34.3 Å². The van der Waals surface area contributed by atoms with Crippen molar-refractivity contribution in [2.45, 2.75) is 23.8 Å². The molecule has 0 spiro atoms. The van der Waals surface area contributed by atoms with Crippen molar-refractivity contribution in [1.82, 2.24) is 4.57 Å². The van der Waals surface area contributed by atoms with Gasteiger partial charge in [0.05, 0.1) is 38.4 Å². The molecule has 46 heavy (non-hydrogen) atoms. The standard InChI is InChI=1S/C35H36N4O6S/c1-43-29-16-23(17-30(44-2)33(29)45-3)35(42)37-26-15-22(34(41)36-25-8-5-6-10-31(25)46-4)12-13-28(26)38-18-21-14-24(20-38)27-9-7-11-32(40)39(27)19-21/h5-13,15-17,21,24H,14,18-20H2,1-4H3,(H,36,41)(H,37,42). The van der Waals surface area contributed by atoms with Gasteiger partial charge in [0.2, 0.25) is 5.75 Å². The first-order chi connectivity index (χ1) is 22.3. The van der Waals surface area contributed by atoms with E-state index in [0.717, 1.165) is 22.7 Å². The van der Waals surface area contributed by atoms with E-state index in [9.17, 15) is 14.4 Å². The van der Waals surface area contributed by atoms with Gasteiger partial charge in [0.1, 0.15) is 0 Å². The number of fused-ring (bicyclic) bond motifs is 4. The Hall–Kier alpha value is -4.90. The molecular formula is C35H36N4O6S. The number of methoxy groups -OCH3 is 3. The number of anilines is 3. The third kappa shape index (κ3) is 6.02. The van der Waals surface area contributed by atoms with Gasteiger partial charge in [0, 0.05) is 53.3 Å². The van der Waals surface area contributed by atoms with Crippen molar-refractivity contribution in [1.29, 1.82) is 0 Å². The number of rotatable bonds is 9. The van der Waals surface area contributed by atoms with Crippen LogP contribution in [0.5, 0.6) is 17.2 Å². The quantitative estimate of drug-likeness (QED) is 0.224. The Labute approximate surface area is 271 Å². The molecule has 10 nitrogen and oxygen atoms in total. The lowest BCUT2D eigenvalue weighted by Gasteiger charge is -2.44. The fourth-order valence-electron chi connectivity index (χ4n) is 6.50. The molecule has 2 unspecified atom stereocenters. The number of para-hydroxylation sites is 1. The minimum absolute atomic E-state index is 0.0253. The Kier molecular flexibility index (Phi) is 8.94. The molecule has 2 bridgehead atoms. The van der Waals surface area contributed by atoms with Crippen LogP contribution in [0.15, 0.2) is 82.5 Å². The second-order valence-electron chi connectivity index (χ2n) is 11.4. The van der Waals surface area contributed by atoms with E-state index < -0.39 is 5.91 Å². The van der Waals surface area contributed by atoms with Crippen molar-refractivity contribution in [3.8, 4) is 17.2 Å². The number of pyridine rings is 1. The van der Waals surface area contributed by atoms with Gasteiger partial charge in [0.15, 0.2) is 11.5 Å². The van der Waals surface area contributed by atoms with E-state index in [2.05, 4.69) is 15.5 Å². The maximum absolute atomic E-state index is 13.8. The summed E-state index contributed by atoms with van der Waals surface area (Å²) < 4.78 is 18.3. The number of nitrogens with one attached hydrogen (secondary N) is 2. The van der Waals surface area contributed by atoms with E-state index in [1.54, 1.807) is 42.1 Å². The largest absolute Gasteiger partial charge is 0.493 e. The first-order valence-electron chi connectivity index (χ1n) is 15.0. The van der Waals surface area contributed by atoms with Crippen LogP contribution in [-0.2, 0) is 6.54 Å². The molecule has 2 N–H and O–H groups in total. The average Bonchev–Trinajstić information content (AvgIpc) is 3.08. The van der Waals surface area contributed by atoms with Crippen LogP contribution in [0.3, 0.4) is 0 Å². The van der Waals surface area contributed by atoms with Gasteiger partial charge in [-0.15, -0.1) is 11.8 Å². The number of benzene rings is 3. The lowest BCUT2D eigenvalue weighted by atomic mass is 9.83. The average molecular weight is 641 g/mol. The number of amides is 2. The van der Waals surface area contributed by atoms with Crippen LogP contribution in [0.25, 0.3) is 0 Å². The summed E-state index contributed by atoms with van der Waals surface area (Å²) in [6, 6.07) is 21.6. The molecule has 1 saturated heterocycles. The van der Waals surface area contributed by atoms with Crippen molar-refractivity contribution in [3.05, 3.63) is 100.0 Å². The number of piperidine rings is 1. The van der Waals surface area contributed by atoms with Crippen molar-refractivity contribution in [2.75, 3.05) is 56.2 Å². The van der Waals surface area contributed by atoms with Crippen LogP contribution in [0.4, 0.5) is 17.1 Å². The lowest BCUT2D eigenvalue weighted by molar-refractivity contribution is 0.101. The molecular weight excluding hydrogens is 604 g/mol. The van der Waals surface area contributed by atoms with Gasteiger partial charge in [-0.3, -0.25) is 14.4 Å². The van der Waals surface area contributed by atoms with Crippen molar-refractivity contribution in [3.63, 3.8) is 0 Å². The SMILES string of the molecule is COc1cc(C(=O)Nc2cc(C(=O)Nc3ccccc3SC)ccc2N2CC3CC(C2)c2cccc(=O)n2C3)cc(OC)c1OC. The topological polar surface area (TPSA) is 111 Å². The highest BCUT2D eigenvalue weighted by Gasteiger charge is 2.35. The summed E-state index contributed by atoms with van der Waals surface area (Å²) in [4.78, 5) is 43.1. The van der Waals surface area contributed by atoms with Crippen LogP contribution in [0.1, 0.15) is 38.7 Å². The van der Waals surface area contributed by atoms with Gasteiger partial charge in [-0.05, 0) is 67.1 Å². The fourth-order valence-corrected chi connectivity index (χ4v) is 7.05. The molecule has 0 radical (unpaired) electrons. The molecule has 3 heterocycles. The van der Waals surface area contributed by atoms with Gasteiger partial charge in [0.25, 0.3) is 17.4 Å². The third-order valence-corrected chi connectivity index (χ3v) is 9.41. The van der Waals surface area contributed by atoms with Crippen molar-refractivity contribution >= 4 is 40.6 Å². The molecule has 1 aromatic heterocycles. The summed E-state index contributed by atoms with van der Waals surface area (Å²) in [5.74, 6) is 0.809. The summed E-state index contributed by atoms with van der Waals surface area (Å²) in [6.07, 6.45) is 2.95. The molecule has 3 aromatic carbocycles. The van der Waals surface area contributed by atoms with Crippen LogP contribution in [-0.4, -0.2) is 57.1 Å². The second-order valence-corrected chi connectivity index (χ2v) is 12.2. The number of hydrogen-bond donors (Lipinski definition) is 2. The minimum atomic E-state index is -0.403. The number of nitrogens with zero attached hydrogens (tertiary/aromatic N) is 2. The highest BCUT2D eigenvalue weighted by molar-refractivity contribution is 7.98. The lowest BCUT2D eigenvalue weighted by Crippen LogP contribution is -2.47. The van der Waals surface area contributed by atoms with E-state index in [1.807, 2.05) is 53.3 Å². The Morgan fingerprint density at radius 3 is 2.22 bits per heavy atom. The number of thioether (sulfide) groups is 1. The molecule has 0 aliphatic carbocycles. The zero-order valence-electron chi connectivity index (χ0n) is 26.2. The van der Waals surface area contributed by atoms with E-state index in [4.69, 9.17) is 14.2 Å². The predicted molar refractivity (Wildman–Crippen MR) is 180 cm³/mol. The van der Waals surface area contributed by atoms with E-state index >= 15 is 0 Å². The van der Waals surface area contributed by atoms with E-state index in [1.165, 1.54) is 21.3 Å². The highest BCUT2D eigenvalue weighted by atomic mass is 32.2. The van der Waals surface area contributed by atoms with Crippen LogP contribution >= 0.6 is 11.8 Å².